The maximum absolute atomic E-state index is 8.11. The topological polar surface area (TPSA) is 49.7 Å². The zero-order valence-corrected chi connectivity index (χ0v) is 6.53. The molecule has 1 N–H and O–H groups in total. The van der Waals surface area contributed by atoms with Gasteiger partial charge in [0.25, 0.3) is 0 Å². The summed E-state index contributed by atoms with van der Waals surface area (Å²) in [5.41, 5.74) is 1.18. The molecule has 0 fully saturated rings. The normalized spacial score (nSPS) is 7.73. The molecule has 4 heteroatoms. The van der Waals surface area contributed by atoms with Gasteiger partial charge in [0.05, 0.1) is 0 Å². The first kappa shape index (κ1) is 9.91. The molecule has 0 spiro atoms. The molecule has 0 unspecified atom stereocenters. The summed E-state index contributed by atoms with van der Waals surface area (Å²) in [5.74, 6) is 0.612. The fourth-order valence-corrected chi connectivity index (χ4v) is 0.745. The summed E-state index contributed by atoms with van der Waals surface area (Å²) in [6, 6.07) is 9.96. The van der Waals surface area contributed by atoms with Crippen LogP contribution in [0, 0.1) is 4.91 Å². The van der Waals surface area contributed by atoms with E-state index >= 15 is 0 Å². The van der Waals surface area contributed by atoms with Crippen LogP contribution in [0.3, 0.4) is 0 Å². The number of nitrogens with zero attached hydrogens (tertiary/aromatic N) is 1. The fraction of sp³-hybridized carbons (Fsp3) is 0.143. The third kappa shape index (κ3) is 5.36. The molecule has 0 saturated heterocycles. The SMILES string of the molecule is ClCc1ccccc1.O=NO. The van der Waals surface area contributed by atoms with Gasteiger partial charge in [-0.15, -0.1) is 16.5 Å². The van der Waals surface area contributed by atoms with Crippen LogP contribution in [0.1, 0.15) is 5.56 Å². The number of alkyl halides is 1. The van der Waals surface area contributed by atoms with Gasteiger partial charge in [0.15, 0.2) is 5.34 Å². The van der Waals surface area contributed by atoms with E-state index in [1.807, 2.05) is 30.3 Å². The van der Waals surface area contributed by atoms with Crippen LogP contribution in [0.4, 0.5) is 0 Å². The predicted octanol–water partition coefficient (Wildman–Crippen LogP) is 2.57. The number of hydrogen-bond donors (Lipinski definition) is 1. The highest BCUT2D eigenvalue weighted by Gasteiger charge is 1.81. The lowest BCUT2D eigenvalue weighted by Gasteiger charge is -1.88. The zero-order valence-electron chi connectivity index (χ0n) is 5.77. The monoisotopic (exact) mass is 173 g/mol. The van der Waals surface area contributed by atoms with Crippen molar-refractivity contribution in [3.05, 3.63) is 40.8 Å². The zero-order chi connectivity index (χ0) is 8.53. The number of rotatable bonds is 1. The van der Waals surface area contributed by atoms with Crippen LogP contribution < -0.4 is 0 Å². The van der Waals surface area contributed by atoms with Crippen molar-refractivity contribution in [2.45, 2.75) is 5.88 Å². The Kier molecular flexibility index (Phi) is 6.33. The van der Waals surface area contributed by atoms with Gasteiger partial charge in [0.1, 0.15) is 0 Å². The van der Waals surface area contributed by atoms with E-state index < -0.39 is 0 Å². The summed E-state index contributed by atoms with van der Waals surface area (Å²) in [6.07, 6.45) is 0. The van der Waals surface area contributed by atoms with Crippen molar-refractivity contribution in [1.82, 2.24) is 0 Å². The summed E-state index contributed by atoms with van der Waals surface area (Å²) in [6.45, 7) is 0. The van der Waals surface area contributed by atoms with Gasteiger partial charge in [-0.1, -0.05) is 30.3 Å². The minimum atomic E-state index is 0.612. The highest BCUT2D eigenvalue weighted by Crippen LogP contribution is 2.00. The van der Waals surface area contributed by atoms with Crippen LogP contribution in [0.2, 0.25) is 0 Å². The lowest BCUT2D eigenvalue weighted by Crippen LogP contribution is -1.71. The quantitative estimate of drug-likeness (QED) is 0.403. The maximum Gasteiger partial charge on any atom is 0.152 e. The van der Waals surface area contributed by atoms with Crippen molar-refractivity contribution < 1.29 is 5.21 Å². The molecule has 1 rings (SSSR count). The van der Waals surface area contributed by atoms with Crippen molar-refractivity contribution in [3.63, 3.8) is 0 Å². The first-order valence-corrected chi connectivity index (χ1v) is 3.45. The fourth-order valence-electron chi connectivity index (χ4n) is 0.567. The van der Waals surface area contributed by atoms with Crippen LogP contribution in [0.25, 0.3) is 0 Å². The van der Waals surface area contributed by atoms with Crippen molar-refractivity contribution in [3.8, 4) is 0 Å². The molecule has 0 aliphatic rings. The Labute approximate surface area is 69.5 Å². The number of benzene rings is 1. The third-order valence-corrected chi connectivity index (χ3v) is 1.31. The minimum Gasteiger partial charge on any atom is -0.379 e. The van der Waals surface area contributed by atoms with E-state index in [4.69, 9.17) is 21.7 Å². The molecule has 0 saturated carbocycles. The molecule has 0 radical (unpaired) electrons. The van der Waals surface area contributed by atoms with E-state index in [-0.39, 0.29) is 0 Å². The minimum absolute atomic E-state index is 0.612. The van der Waals surface area contributed by atoms with E-state index in [2.05, 4.69) is 0 Å². The average Bonchev–Trinajstić information content (AvgIpc) is 2.08. The summed E-state index contributed by atoms with van der Waals surface area (Å²) < 4.78 is 0. The Balaban J connectivity index is 0.000000292. The van der Waals surface area contributed by atoms with Gasteiger partial charge in [-0.25, -0.2) is 0 Å². The van der Waals surface area contributed by atoms with Gasteiger partial charge in [0, 0.05) is 5.88 Å². The summed E-state index contributed by atoms with van der Waals surface area (Å²) in [4.78, 5) is 8.11. The molecule has 0 heterocycles. The summed E-state index contributed by atoms with van der Waals surface area (Å²) >= 11 is 5.53. The molecule has 0 aliphatic heterocycles. The third-order valence-electron chi connectivity index (χ3n) is 0.997. The Morgan fingerprint density at radius 1 is 1.36 bits per heavy atom. The smallest absolute Gasteiger partial charge is 0.152 e. The van der Waals surface area contributed by atoms with Gasteiger partial charge in [-0.3, -0.25) is 0 Å². The van der Waals surface area contributed by atoms with Gasteiger partial charge in [-0.05, 0) is 5.56 Å². The second kappa shape index (κ2) is 7.02. The van der Waals surface area contributed by atoms with Gasteiger partial charge < -0.3 is 5.21 Å². The molecule has 0 aliphatic carbocycles. The Bertz CT molecular complexity index is 191. The molecule has 0 amide bonds. The van der Waals surface area contributed by atoms with Crippen LogP contribution in [0.5, 0.6) is 0 Å². The van der Waals surface area contributed by atoms with Gasteiger partial charge in [-0.2, -0.15) is 0 Å². The van der Waals surface area contributed by atoms with Crippen molar-refractivity contribution in [1.29, 1.82) is 0 Å². The highest BCUT2D eigenvalue weighted by atomic mass is 35.5. The second-order valence-electron chi connectivity index (χ2n) is 1.70. The van der Waals surface area contributed by atoms with Crippen LogP contribution >= 0.6 is 11.6 Å². The molecule has 11 heavy (non-hydrogen) atoms. The van der Waals surface area contributed by atoms with Gasteiger partial charge in [0.2, 0.25) is 0 Å². The lowest BCUT2D eigenvalue weighted by atomic mass is 10.2. The van der Waals surface area contributed by atoms with Crippen molar-refractivity contribution in [2.24, 2.45) is 5.34 Å². The molecule has 0 aromatic heterocycles. The summed E-state index contributed by atoms with van der Waals surface area (Å²) in [7, 11) is 0. The van der Waals surface area contributed by atoms with E-state index in [0.717, 1.165) is 0 Å². The van der Waals surface area contributed by atoms with E-state index in [9.17, 15) is 0 Å². The maximum atomic E-state index is 8.11. The van der Waals surface area contributed by atoms with Gasteiger partial charge >= 0.3 is 0 Å². The van der Waals surface area contributed by atoms with Crippen LogP contribution in [-0.2, 0) is 5.88 Å². The van der Waals surface area contributed by atoms with Crippen molar-refractivity contribution >= 4 is 11.6 Å². The molecule has 1 aromatic carbocycles. The summed E-state index contributed by atoms with van der Waals surface area (Å²) in [5, 5.41) is 7.89. The Hall–Kier alpha value is -1.09. The molecule has 1 aromatic rings. The molecular formula is C7H8ClNO2. The van der Waals surface area contributed by atoms with Crippen LogP contribution in [-0.4, -0.2) is 5.21 Å². The standard InChI is InChI=1S/C7H7Cl.HNO2/c8-6-7-4-2-1-3-5-7;2-1-3/h1-5H,6H2;(H,2,3). The van der Waals surface area contributed by atoms with Crippen LogP contribution in [0.15, 0.2) is 35.7 Å². The molecule has 0 atom stereocenters. The number of halogens is 1. The second-order valence-corrected chi connectivity index (χ2v) is 1.97. The first-order valence-electron chi connectivity index (χ1n) is 2.91. The molecule has 3 nitrogen and oxygen atoms in total. The Morgan fingerprint density at radius 3 is 2.09 bits per heavy atom. The van der Waals surface area contributed by atoms with E-state index in [0.29, 0.717) is 5.88 Å². The highest BCUT2D eigenvalue weighted by molar-refractivity contribution is 6.17. The van der Waals surface area contributed by atoms with Crippen molar-refractivity contribution in [2.75, 3.05) is 0 Å². The number of hydrogen-bond acceptors (Lipinski definition) is 2. The molecular weight excluding hydrogens is 166 g/mol. The molecule has 60 valence electrons. The van der Waals surface area contributed by atoms with E-state index in [1.54, 1.807) is 0 Å². The lowest BCUT2D eigenvalue weighted by molar-refractivity contribution is 0.312. The van der Waals surface area contributed by atoms with E-state index in [1.165, 1.54) is 10.9 Å². The molecule has 0 bridgehead atoms. The average molecular weight is 174 g/mol. The Morgan fingerprint density at radius 2 is 1.82 bits per heavy atom. The first-order chi connectivity index (χ1) is 5.35. The predicted molar refractivity (Wildman–Crippen MR) is 43.6 cm³/mol. The largest absolute Gasteiger partial charge is 0.379 e.